The molecule has 0 saturated heterocycles. The maximum Gasteiger partial charge on any atom is 0.322 e. The van der Waals surface area contributed by atoms with Crippen LogP contribution in [0.4, 0.5) is 11.6 Å². The molecule has 6 nitrogen and oxygen atoms in total. The first-order valence-electron chi connectivity index (χ1n) is 5.66. The van der Waals surface area contributed by atoms with Crippen LogP contribution >= 0.6 is 11.6 Å². The second kappa shape index (κ2) is 6.19. The minimum atomic E-state index is 0.0782. The Kier molecular flexibility index (Phi) is 4.35. The van der Waals surface area contributed by atoms with Gasteiger partial charge in [0.15, 0.2) is 0 Å². The number of methoxy groups -OCH3 is 1. The molecule has 0 fully saturated rings. The highest BCUT2D eigenvalue weighted by Crippen LogP contribution is 2.19. The Morgan fingerprint density at radius 1 is 1.16 bits per heavy atom. The van der Waals surface area contributed by atoms with E-state index in [2.05, 4.69) is 20.3 Å². The van der Waals surface area contributed by atoms with Crippen molar-refractivity contribution in [1.82, 2.24) is 15.0 Å². The van der Waals surface area contributed by atoms with Crippen LogP contribution in [0.25, 0.3) is 0 Å². The molecule has 2 rings (SSSR count). The number of halogens is 1. The van der Waals surface area contributed by atoms with Gasteiger partial charge in [-0.25, -0.2) is 0 Å². The smallest absolute Gasteiger partial charge is 0.322 e. The van der Waals surface area contributed by atoms with E-state index in [0.29, 0.717) is 12.6 Å². The van der Waals surface area contributed by atoms with Gasteiger partial charge >= 0.3 is 6.01 Å². The van der Waals surface area contributed by atoms with Crippen molar-refractivity contribution in [2.75, 3.05) is 19.0 Å². The summed E-state index contributed by atoms with van der Waals surface area (Å²) >= 11 is 5.80. The molecule has 0 unspecified atom stereocenters. The number of anilines is 2. The first-order chi connectivity index (χ1) is 9.21. The molecule has 1 aromatic carbocycles. The first-order valence-corrected chi connectivity index (χ1v) is 6.04. The van der Waals surface area contributed by atoms with E-state index in [1.165, 1.54) is 0 Å². The van der Waals surface area contributed by atoms with Gasteiger partial charge in [-0.1, -0.05) is 0 Å². The van der Waals surface area contributed by atoms with Crippen molar-refractivity contribution in [3.8, 4) is 11.8 Å². The molecule has 100 valence electrons. The maximum atomic E-state index is 5.80. The summed E-state index contributed by atoms with van der Waals surface area (Å²) < 4.78 is 10.3. The summed E-state index contributed by atoms with van der Waals surface area (Å²) in [6.45, 7) is 2.30. The Morgan fingerprint density at radius 2 is 1.89 bits per heavy atom. The van der Waals surface area contributed by atoms with E-state index in [0.717, 1.165) is 11.4 Å². The number of hydrogen-bond acceptors (Lipinski definition) is 6. The Labute approximate surface area is 115 Å². The summed E-state index contributed by atoms with van der Waals surface area (Å²) in [5.41, 5.74) is 0.811. The normalized spacial score (nSPS) is 10.1. The molecule has 0 aliphatic carbocycles. The second-order valence-corrected chi connectivity index (χ2v) is 3.84. The zero-order chi connectivity index (χ0) is 13.7. The molecule has 19 heavy (non-hydrogen) atoms. The molecule has 0 aliphatic rings. The monoisotopic (exact) mass is 280 g/mol. The van der Waals surface area contributed by atoms with Crippen LogP contribution in [-0.4, -0.2) is 28.7 Å². The Balaban J connectivity index is 2.17. The largest absolute Gasteiger partial charge is 0.497 e. The highest BCUT2D eigenvalue weighted by atomic mass is 35.5. The van der Waals surface area contributed by atoms with Crippen molar-refractivity contribution in [1.29, 1.82) is 0 Å². The van der Waals surface area contributed by atoms with Crippen LogP contribution in [0.1, 0.15) is 6.92 Å². The van der Waals surface area contributed by atoms with Gasteiger partial charge in [-0.15, -0.1) is 0 Å². The van der Waals surface area contributed by atoms with E-state index in [1.54, 1.807) is 7.11 Å². The molecule has 0 saturated carbocycles. The van der Waals surface area contributed by atoms with Crippen LogP contribution in [0, 0.1) is 0 Å². The fraction of sp³-hybridized carbons (Fsp3) is 0.250. The lowest BCUT2D eigenvalue weighted by Crippen LogP contribution is -2.03. The summed E-state index contributed by atoms with van der Waals surface area (Å²) in [6.07, 6.45) is 0. The molecule has 1 aromatic heterocycles. The summed E-state index contributed by atoms with van der Waals surface area (Å²) in [5, 5.41) is 3.09. The lowest BCUT2D eigenvalue weighted by Gasteiger charge is -2.07. The molecule has 0 amide bonds. The van der Waals surface area contributed by atoms with Crippen LogP contribution in [0.2, 0.25) is 5.28 Å². The molecular formula is C12H13ClN4O2. The van der Waals surface area contributed by atoms with Crippen molar-refractivity contribution < 1.29 is 9.47 Å². The van der Waals surface area contributed by atoms with Crippen molar-refractivity contribution in [2.45, 2.75) is 6.92 Å². The first kappa shape index (κ1) is 13.4. The van der Waals surface area contributed by atoms with Gasteiger partial charge in [-0.05, 0) is 42.8 Å². The fourth-order valence-electron chi connectivity index (χ4n) is 1.38. The second-order valence-electron chi connectivity index (χ2n) is 3.50. The van der Waals surface area contributed by atoms with Crippen molar-refractivity contribution in [3.05, 3.63) is 29.5 Å². The van der Waals surface area contributed by atoms with Crippen LogP contribution in [0.15, 0.2) is 24.3 Å². The predicted molar refractivity (Wildman–Crippen MR) is 72.3 cm³/mol. The summed E-state index contributed by atoms with van der Waals surface area (Å²) in [7, 11) is 1.61. The molecule has 0 aliphatic heterocycles. The van der Waals surface area contributed by atoms with Gasteiger partial charge in [0.2, 0.25) is 11.2 Å². The zero-order valence-corrected chi connectivity index (χ0v) is 11.3. The van der Waals surface area contributed by atoms with Gasteiger partial charge in [0, 0.05) is 5.69 Å². The number of aromatic nitrogens is 3. The third-order valence-electron chi connectivity index (χ3n) is 2.21. The highest BCUT2D eigenvalue weighted by molar-refractivity contribution is 6.28. The van der Waals surface area contributed by atoms with Crippen LogP contribution < -0.4 is 14.8 Å². The molecule has 2 aromatic rings. The van der Waals surface area contributed by atoms with Crippen molar-refractivity contribution in [2.24, 2.45) is 0 Å². The van der Waals surface area contributed by atoms with Crippen LogP contribution in [-0.2, 0) is 0 Å². The number of ether oxygens (including phenoxy) is 2. The number of benzene rings is 1. The number of hydrogen-bond donors (Lipinski definition) is 1. The zero-order valence-electron chi connectivity index (χ0n) is 10.6. The summed E-state index contributed by atoms with van der Waals surface area (Å²) in [5.74, 6) is 1.10. The topological polar surface area (TPSA) is 69.2 Å². The third-order valence-corrected chi connectivity index (χ3v) is 2.38. The molecule has 7 heteroatoms. The summed E-state index contributed by atoms with van der Waals surface area (Å²) in [4.78, 5) is 11.9. The predicted octanol–water partition coefficient (Wildman–Crippen LogP) is 2.68. The lowest BCUT2D eigenvalue weighted by atomic mass is 10.3. The lowest BCUT2D eigenvalue weighted by molar-refractivity contribution is 0.312. The van der Waals surface area contributed by atoms with Gasteiger partial charge in [-0.3, -0.25) is 0 Å². The number of nitrogens with one attached hydrogen (secondary N) is 1. The van der Waals surface area contributed by atoms with Crippen LogP contribution in [0.5, 0.6) is 11.8 Å². The third kappa shape index (κ3) is 3.69. The standard InChI is InChI=1S/C12H13ClN4O2/c1-3-19-12-16-10(13)15-11(17-12)14-8-4-6-9(18-2)7-5-8/h4-7H,3H2,1-2H3,(H,14,15,16,17). The molecule has 1 heterocycles. The van der Waals surface area contributed by atoms with Crippen molar-refractivity contribution >= 4 is 23.2 Å². The van der Waals surface area contributed by atoms with E-state index in [-0.39, 0.29) is 11.3 Å². The quantitative estimate of drug-likeness (QED) is 0.908. The minimum Gasteiger partial charge on any atom is -0.497 e. The molecule has 0 atom stereocenters. The fourth-order valence-corrected chi connectivity index (χ4v) is 1.54. The summed E-state index contributed by atoms with van der Waals surface area (Å²) in [6, 6.07) is 7.54. The van der Waals surface area contributed by atoms with E-state index >= 15 is 0 Å². The molecular weight excluding hydrogens is 268 g/mol. The van der Waals surface area contributed by atoms with Crippen molar-refractivity contribution in [3.63, 3.8) is 0 Å². The Morgan fingerprint density at radius 3 is 2.53 bits per heavy atom. The Hall–Kier alpha value is -2.08. The maximum absolute atomic E-state index is 5.80. The average Bonchev–Trinajstić information content (AvgIpc) is 2.39. The molecule has 1 N–H and O–H groups in total. The van der Waals surface area contributed by atoms with E-state index in [1.807, 2.05) is 31.2 Å². The number of nitrogens with zero attached hydrogens (tertiary/aromatic N) is 3. The van der Waals surface area contributed by atoms with Crippen LogP contribution in [0.3, 0.4) is 0 Å². The van der Waals surface area contributed by atoms with E-state index < -0.39 is 0 Å². The van der Waals surface area contributed by atoms with E-state index in [4.69, 9.17) is 21.1 Å². The molecule has 0 spiro atoms. The Bertz CT molecular complexity index is 548. The van der Waals surface area contributed by atoms with E-state index in [9.17, 15) is 0 Å². The van der Waals surface area contributed by atoms with Gasteiger partial charge in [0.1, 0.15) is 5.75 Å². The van der Waals surface area contributed by atoms with Gasteiger partial charge in [-0.2, -0.15) is 15.0 Å². The van der Waals surface area contributed by atoms with Gasteiger partial charge in [0.05, 0.1) is 13.7 Å². The number of rotatable bonds is 5. The van der Waals surface area contributed by atoms with Gasteiger partial charge < -0.3 is 14.8 Å². The van der Waals surface area contributed by atoms with Gasteiger partial charge in [0.25, 0.3) is 0 Å². The molecule has 0 bridgehead atoms. The highest BCUT2D eigenvalue weighted by Gasteiger charge is 2.06. The SMILES string of the molecule is CCOc1nc(Cl)nc(Nc2ccc(OC)cc2)n1. The average molecular weight is 281 g/mol. The molecule has 0 radical (unpaired) electrons. The minimum absolute atomic E-state index is 0.0782.